The Morgan fingerprint density at radius 1 is 1.33 bits per heavy atom. The van der Waals surface area contributed by atoms with Crippen molar-refractivity contribution in [1.29, 1.82) is 0 Å². The highest BCUT2D eigenvalue weighted by atomic mass is 15.2. The van der Waals surface area contributed by atoms with E-state index in [4.69, 9.17) is 4.99 Å². The second kappa shape index (κ2) is 7.20. The minimum atomic E-state index is 0.566. The largest absolute Gasteiger partial charge is 0.358 e. The third-order valence-electron chi connectivity index (χ3n) is 3.57. The molecule has 0 saturated carbocycles. The number of hydrogen-bond acceptors (Lipinski definition) is 2. The predicted octanol–water partition coefficient (Wildman–Crippen LogP) is 4.17. The summed E-state index contributed by atoms with van der Waals surface area (Å²) in [7, 11) is 2.12. The molecule has 1 unspecified atom stereocenters. The van der Waals surface area contributed by atoms with Gasteiger partial charge in [-0.2, -0.15) is 0 Å². The number of amidine groups is 1. The van der Waals surface area contributed by atoms with E-state index >= 15 is 0 Å². The van der Waals surface area contributed by atoms with E-state index in [1.165, 1.54) is 30.7 Å². The van der Waals surface area contributed by atoms with Gasteiger partial charge in [0.2, 0.25) is 0 Å². The molecule has 0 radical (unpaired) electrons. The molecule has 1 aliphatic rings. The van der Waals surface area contributed by atoms with Gasteiger partial charge in [0, 0.05) is 19.5 Å². The number of nitrogens with zero attached hydrogens (tertiary/aromatic N) is 2. The van der Waals surface area contributed by atoms with E-state index in [1.54, 1.807) is 0 Å². The van der Waals surface area contributed by atoms with Crippen LogP contribution in [0.25, 0.3) is 0 Å². The van der Waals surface area contributed by atoms with Gasteiger partial charge in [0.1, 0.15) is 5.84 Å². The number of rotatable bonds is 7. The van der Waals surface area contributed by atoms with Gasteiger partial charge in [-0.15, -0.1) is 0 Å². The lowest BCUT2D eigenvalue weighted by molar-refractivity contribution is 0.459. The fourth-order valence-corrected chi connectivity index (χ4v) is 2.41. The maximum atomic E-state index is 4.79. The van der Waals surface area contributed by atoms with E-state index in [0.29, 0.717) is 5.92 Å². The molecule has 18 heavy (non-hydrogen) atoms. The number of aliphatic imine (C=N–C) groups is 1. The molecule has 0 bridgehead atoms. The highest BCUT2D eigenvalue weighted by Gasteiger charge is 2.22. The zero-order chi connectivity index (χ0) is 13.5. The van der Waals surface area contributed by atoms with Gasteiger partial charge in [0.05, 0.1) is 5.70 Å². The van der Waals surface area contributed by atoms with Crippen molar-refractivity contribution in [3.8, 4) is 0 Å². The Balaban J connectivity index is 2.97. The number of hydrogen-bond donors (Lipinski definition) is 0. The van der Waals surface area contributed by atoms with Gasteiger partial charge in [-0.25, -0.2) is 4.99 Å². The Morgan fingerprint density at radius 2 is 2.06 bits per heavy atom. The van der Waals surface area contributed by atoms with Crippen LogP contribution in [0.2, 0.25) is 0 Å². The molecule has 0 saturated heterocycles. The SMILES string of the molecule is C=CC1=C(C=C)N=C(C(CC)CCCC)N(C)C1. The van der Waals surface area contributed by atoms with Crippen LogP contribution in [-0.2, 0) is 0 Å². The summed E-state index contributed by atoms with van der Waals surface area (Å²) in [5.74, 6) is 1.78. The molecule has 0 aromatic heterocycles. The summed E-state index contributed by atoms with van der Waals surface area (Å²) < 4.78 is 0. The molecular formula is C16H26N2. The van der Waals surface area contributed by atoms with Crippen molar-refractivity contribution in [2.24, 2.45) is 10.9 Å². The van der Waals surface area contributed by atoms with E-state index in [9.17, 15) is 0 Å². The second-order valence-corrected chi connectivity index (χ2v) is 4.89. The van der Waals surface area contributed by atoms with Gasteiger partial charge in [-0.1, -0.05) is 45.9 Å². The highest BCUT2D eigenvalue weighted by molar-refractivity contribution is 5.87. The Kier molecular flexibility index (Phi) is 5.90. The molecule has 0 aliphatic carbocycles. The summed E-state index contributed by atoms with van der Waals surface area (Å²) in [5, 5.41) is 0. The number of likely N-dealkylation sites (N-methyl/N-ethyl adjacent to an activating group) is 1. The van der Waals surface area contributed by atoms with Crippen LogP contribution in [0.5, 0.6) is 0 Å². The standard InChI is InChI=1S/C16H26N2/c1-6-10-11-13(7-2)16-17-15(9-4)14(8-3)12-18(16)5/h8-9,13H,3-4,6-7,10-12H2,1-2,5H3. The monoisotopic (exact) mass is 246 g/mol. The number of unbranched alkanes of at least 4 members (excludes halogenated alkanes) is 1. The minimum Gasteiger partial charge on any atom is -0.358 e. The zero-order valence-corrected chi connectivity index (χ0v) is 12.1. The molecule has 1 atom stereocenters. The van der Waals surface area contributed by atoms with Crippen LogP contribution in [-0.4, -0.2) is 24.3 Å². The lowest BCUT2D eigenvalue weighted by atomic mass is 9.95. The van der Waals surface area contributed by atoms with Crippen molar-refractivity contribution < 1.29 is 0 Å². The van der Waals surface area contributed by atoms with Crippen LogP contribution in [0.15, 0.2) is 41.6 Å². The molecule has 100 valence electrons. The van der Waals surface area contributed by atoms with E-state index in [1.807, 2.05) is 12.2 Å². The molecular weight excluding hydrogens is 220 g/mol. The first-order chi connectivity index (χ1) is 8.67. The van der Waals surface area contributed by atoms with Crippen molar-refractivity contribution in [3.05, 3.63) is 36.6 Å². The maximum absolute atomic E-state index is 4.79. The zero-order valence-electron chi connectivity index (χ0n) is 12.1. The predicted molar refractivity (Wildman–Crippen MR) is 80.8 cm³/mol. The lowest BCUT2D eigenvalue weighted by Gasteiger charge is -2.31. The third-order valence-corrected chi connectivity index (χ3v) is 3.57. The first-order valence-electron chi connectivity index (χ1n) is 6.95. The molecule has 0 N–H and O–H groups in total. The van der Waals surface area contributed by atoms with Crippen LogP contribution >= 0.6 is 0 Å². The van der Waals surface area contributed by atoms with Crippen molar-refractivity contribution in [3.63, 3.8) is 0 Å². The molecule has 0 aromatic rings. The summed E-state index contributed by atoms with van der Waals surface area (Å²) in [6.45, 7) is 13.1. The topological polar surface area (TPSA) is 15.6 Å². The minimum absolute atomic E-state index is 0.566. The summed E-state index contributed by atoms with van der Waals surface area (Å²) in [4.78, 5) is 7.05. The molecule has 2 nitrogen and oxygen atoms in total. The van der Waals surface area contributed by atoms with Crippen molar-refractivity contribution in [2.45, 2.75) is 39.5 Å². The Hall–Kier alpha value is -1.31. The third kappa shape index (κ3) is 3.34. The van der Waals surface area contributed by atoms with Gasteiger partial charge in [0.15, 0.2) is 0 Å². The van der Waals surface area contributed by atoms with E-state index in [-0.39, 0.29) is 0 Å². The van der Waals surface area contributed by atoms with Gasteiger partial charge >= 0.3 is 0 Å². The normalized spacial score (nSPS) is 17.5. The molecule has 0 aromatic carbocycles. The Morgan fingerprint density at radius 3 is 2.56 bits per heavy atom. The first-order valence-corrected chi connectivity index (χ1v) is 6.95. The summed E-state index contributed by atoms with van der Waals surface area (Å²) in [6, 6.07) is 0. The lowest BCUT2D eigenvalue weighted by Crippen LogP contribution is -2.37. The van der Waals surface area contributed by atoms with Gasteiger partial charge in [-0.3, -0.25) is 0 Å². The highest BCUT2D eigenvalue weighted by Crippen LogP contribution is 2.24. The molecule has 0 fully saturated rings. The van der Waals surface area contributed by atoms with Crippen LogP contribution < -0.4 is 0 Å². The van der Waals surface area contributed by atoms with Crippen LogP contribution in [0.4, 0.5) is 0 Å². The Labute approximate surface area is 112 Å². The Bertz CT molecular complexity index is 363. The molecule has 0 amide bonds. The molecule has 1 heterocycles. The summed E-state index contributed by atoms with van der Waals surface area (Å²) in [6.07, 6.45) is 8.63. The van der Waals surface area contributed by atoms with Gasteiger partial charge in [-0.05, 0) is 24.5 Å². The van der Waals surface area contributed by atoms with Crippen LogP contribution in [0.1, 0.15) is 39.5 Å². The average Bonchev–Trinajstić information content (AvgIpc) is 2.40. The van der Waals surface area contributed by atoms with E-state index < -0.39 is 0 Å². The van der Waals surface area contributed by atoms with Crippen molar-refractivity contribution in [2.75, 3.05) is 13.6 Å². The smallest absolute Gasteiger partial charge is 0.108 e. The summed E-state index contributed by atoms with van der Waals surface area (Å²) in [5.41, 5.74) is 2.16. The van der Waals surface area contributed by atoms with E-state index in [0.717, 1.165) is 18.7 Å². The average molecular weight is 246 g/mol. The maximum Gasteiger partial charge on any atom is 0.108 e. The van der Waals surface area contributed by atoms with Gasteiger partial charge < -0.3 is 4.90 Å². The van der Waals surface area contributed by atoms with Crippen molar-refractivity contribution in [1.82, 2.24) is 4.90 Å². The number of allylic oxidation sites excluding steroid dienone is 1. The van der Waals surface area contributed by atoms with Crippen LogP contribution in [0.3, 0.4) is 0 Å². The molecule has 1 rings (SSSR count). The molecule has 1 aliphatic heterocycles. The molecule has 0 spiro atoms. The quantitative estimate of drug-likeness (QED) is 0.658. The van der Waals surface area contributed by atoms with Gasteiger partial charge in [0.25, 0.3) is 0 Å². The van der Waals surface area contributed by atoms with Crippen molar-refractivity contribution >= 4 is 5.84 Å². The fourth-order valence-electron chi connectivity index (χ4n) is 2.41. The van der Waals surface area contributed by atoms with E-state index in [2.05, 4.69) is 39.0 Å². The van der Waals surface area contributed by atoms with Crippen LogP contribution in [0, 0.1) is 5.92 Å². The second-order valence-electron chi connectivity index (χ2n) is 4.89. The summed E-state index contributed by atoms with van der Waals surface area (Å²) >= 11 is 0. The fraction of sp³-hybridized carbons (Fsp3) is 0.562. The first kappa shape index (κ1) is 14.7. The molecule has 2 heteroatoms.